The molecule has 0 bridgehead atoms. The Morgan fingerprint density at radius 2 is 2.00 bits per heavy atom. The Balaban J connectivity index is 2.07. The maximum Gasteiger partial charge on any atom is 0.263 e. The number of aryl methyl sites for hydroxylation is 1. The second-order valence-corrected chi connectivity index (χ2v) is 5.93. The number of carbonyl (C=O) groups excluding carboxylic acids is 1. The minimum atomic E-state index is -0.497. The maximum atomic E-state index is 12.4. The van der Waals surface area contributed by atoms with Crippen LogP contribution in [0.15, 0.2) is 18.2 Å². The molecule has 1 aromatic rings. The van der Waals surface area contributed by atoms with Gasteiger partial charge in [0.2, 0.25) is 0 Å². The van der Waals surface area contributed by atoms with Crippen molar-refractivity contribution in [1.82, 2.24) is 4.90 Å². The standard InChI is InChI=1S/C16H22N2O2S/c1-11-6-7-13(15(17)21)10-14(11)20-12(2)16(19)18-8-4-3-5-9-18/h6-7,10,12H,3-5,8-9H2,1-2H3,(H2,17,21). The fraction of sp³-hybridized carbons (Fsp3) is 0.500. The second kappa shape index (κ2) is 6.89. The summed E-state index contributed by atoms with van der Waals surface area (Å²) in [5, 5.41) is 0. The number of thiocarbonyl (C=S) groups is 1. The van der Waals surface area contributed by atoms with Crippen molar-refractivity contribution in [2.45, 2.75) is 39.2 Å². The lowest BCUT2D eigenvalue weighted by Gasteiger charge is -2.29. The van der Waals surface area contributed by atoms with Crippen molar-refractivity contribution in [1.29, 1.82) is 0 Å². The molecule has 2 N–H and O–H groups in total. The lowest BCUT2D eigenvalue weighted by Crippen LogP contribution is -2.43. The third kappa shape index (κ3) is 3.94. The van der Waals surface area contributed by atoms with E-state index in [1.54, 1.807) is 13.0 Å². The monoisotopic (exact) mass is 306 g/mol. The highest BCUT2D eigenvalue weighted by molar-refractivity contribution is 7.80. The third-order valence-corrected chi connectivity index (χ3v) is 4.03. The highest BCUT2D eigenvalue weighted by Gasteiger charge is 2.23. The van der Waals surface area contributed by atoms with E-state index in [0.29, 0.717) is 10.7 Å². The molecule has 1 heterocycles. The largest absolute Gasteiger partial charge is 0.481 e. The van der Waals surface area contributed by atoms with Crippen LogP contribution < -0.4 is 10.5 Å². The molecule has 0 saturated carbocycles. The molecule has 114 valence electrons. The summed E-state index contributed by atoms with van der Waals surface area (Å²) < 4.78 is 5.84. The number of carbonyl (C=O) groups is 1. The van der Waals surface area contributed by atoms with E-state index in [9.17, 15) is 4.79 Å². The van der Waals surface area contributed by atoms with Gasteiger partial charge in [0.05, 0.1) is 0 Å². The van der Waals surface area contributed by atoms with Crippen LogP contribution in [0.5, 0.6) is 5.75 Å². The van der Waals surface area contributed by atoms with Gasteiger partial charge in [-0.1, -0.05) is 24.4 Å². The molecule has 0 radical (unpaired) electrons. The van der Waals surface area contributed by atoms with E-state index in [0.717, 1.165) is 37.1 Å². The molecule has 5 heteroatoms. The average Bonchev–Trinajstić information content (AvgIpc) is 2.49. The molecule has 1 saturated heterocycles. The summed E-state index contributed by atoms with van der Waals surface area (Å²) in [5.74, 6) is 0.716. The second-order valence-electron chi connectivity index (χ2n) is 5.49. The number of likely N-dealkylation sites (tertiary alicyclic amines) is 1. The van der Waals surface area contributed by atoms with E-state index in [2.05, 4.69) is 0 Å². The number of piperidine rings is 1. The van der Waals surface area contributed by atoms with Crippen LogP contribution in [0.1, 0.15) is 37.3 Å². The van der Waals surface area contributed by atoms with Gasteiger partial charge in [-0.3, -0.25) is 4.79 Å². The van der Waals surface area contributed by atoms with Gasteiger partial charge in [-0.05, 0) is 44.7 Å². The summed E-state index contributed by atoms with van der Waals surface area (Å²) in [4.78, 5) is 14.6. The van der Waals surface area contributed by atoms with Gasteiger partial charge in [-0.15, -0.1) is 0 Å². The predicted octanol–water partition coefficient (Wildman–Crippen LogP) is 2.41. The molecule has 0 aliphatic carbocycles. The van der Waals surface area contributed by atoms with Crippen LogP contribution in [0.25, 0.3) is 0 Å². The van der Waals surface area contributed by atoms with Crippen LogP contribution in [-0.2, 0) is 4.79 Å². The number of hydrogen-bond acceptors (Lipinski definition) is 3. The quantitative estimate of drug-likeness (QED) is 0.868. The average molecular weight is 306 g/mol. The SMILES string of the molecule is Cc1ccc(C(N)=S)cc1OC(C)C(=O)N1CCCCC1. The Kier molecular flexibility index (Phi) is 5.17. The van der Waals surface area contributed by atoms with Crippen LogP contribution in [-0.4, -0.2) is 35.0 Å². The third-order valence-electron chi connectivity index (χ3n) is 3.79. The summed E-state index contributed by atoms with van der Waals surface area (Å²) in [6, 6.07) is 5.57. The van der Waals surface area contributed by atoms with E-state index in [-0.39, 0.29) is 5.91 Å². The first-order valence-electron chi connectivity index (χ1n) is 7.35. The Morgan fingerprint density at radius 1 is 1.33 bits per heavy atom. The van der Waals surface area contributed by atoms with Crippen molar-refractivity contribution < 1.29 is 9.53 Å². The van der Waals surface area contributed by atoms with Gasteiger partial charge in [0, 0.05) is 18.7 Å². The zero-order valence-electron chi connectivity index (χ0n) is 12.6. The number of amides is 1. The van der Waals surface area contributed by atoms with Crippen molar-refractivity contribution in [2.24, 2.45) is 5.73 Å². The molecular weight excluding hydrogens is 284 g/mol. The summed E-state index contributed by atoms with van der Waals surface area (Å²) in [6.07, 6.45) is 2.86. The van der Waals surface area contributed by atoms with Crippen molar-refractivity contribution in [3.8, 4) is 5.75 Å². The lowest BCUT2D eigenvalue weighted by molar-refractivity contribution is -0.138. The van der Waals surface area contributed by atoms with Crippen LogP contribution in [0.4, 0.5) is 0 Å². The number of hydrogen-bond donors (Lipinski definition) is 1. The first kappa shape index (κ1) is 15.8. The Bertz CT molecular complexity index is 539. The van der Waals surface area contributed by atoms with Gasteiger partial charge in [-0.2, -0.15) is 0 Å². The van der Waals surface area contributed by atoms with Gasteiger partial charge in [0.15, 0.2) is 6.10 Å². The highest BCUT2D eigenvalue weighted by atomic mass is 32.1. The number of nitrogens with two attached hydrogens (primary N) is 1. The summed E-state index contributed by atoms with van der Waals surface area (Å²) in [5.41, 5.74) is 7.36. The van der Waals surface area contributed by atoms with Crippen molar-refractivity contribution >= 4 is 23.1 Å². The van der Waals surface area contributed by atoms with Gasteiger partial charge in [-0.25, -0.2) is 0 Å². The molecule has 1 aromatic carbocycles. The molecule has 0 aromatic heterocycles. The molecular formula is C16H22N2O2S. The smallest absolute Gasteiger partial charge is 0.263 e. The first-order chi connectivity index (χ1) is 9.99. The first-order valence-corrected chi connectivity index (χ1v) is 7.76. The number of ether oxygens (including phenoxy) is 1. The van der Waals surface area contributed by atoms with Crippen molar-refractivity contribution in [3.05, 3.63) is 29.3 Å². The molecule has 1 atom stereocenters. The Labute approximate surface area is 131 Å². The molecule has 1 unspecified atom stereocenters. The molecule has 2 rings (SSSR count). The van der Waals surface area contributed by atoms with Gasteiger partial charge in [0.1, 0.15) is 10.7 Å². The highest BCUT2D eigenvalue weighted by Crippen LogP contribution is 2.22. The van der Waals surface area contributed by atoms with Crippen LogP contribution in [0.2, 0.25) is 0 Å². The van der Waals surface area contributed by atoms with Crippen molar-refractivity contribution in [3.63, 3.8) is 0 Å². The van der Waals surface area contributed by atoms with E-state index in [1.165, 1.54) is 6.42 Å². The Morgan fingerprint density at radius 3 is 2.62 bits per heavy atom. The minimum absolute atomic E-state index is 0.0508. The lowest BCUT2D eigenvalue weighted by atomic mass is 10.1. The Hall–Kier alpha value is -1.62. The summed E-state index contributed by atoms with van der Waals surface area (Å²) >= 11 is 4.98. The molecule has 21 heavy (non-hydrogen) atoms. The van der Waals surface area contributed by atoms with Gasteiger partial charge < -0.3 is 15.4 Å². The fourth-order valence-electron chi connectivity index (χ4n) is 2.49. The molecule has 1 fully saturated rings. The zero-order chi connectivity index (χ0) is 15.4. The summed E-state index contributed by atoms with van der Waals surface area (Å²) in [7, 11) is 0. The molecule has 1 amide bonds. The summed E-state index contributed by atoms with van der Waals surface area (Å²) in [6.45, 7) is 5.40. The number of benzene rings is 1. The van der Waals surface area contributed by atoms with E-state index in [1.807, 2.05) is 24.0 Å². The topological polar surface area (TPSA) is 55.6 Å². The number of nitrogens with zero attached hydrogens (tertiary/aromatic N) is 1. The van der Waals surface area contributed by atoms with E-state index < -0.39 is 6.10 Å². The van der Waals surface area contributed by atoms with Gasteiger partial charge in [0.25, 0.3) is 5.91 Å². The predicted molar refractivity (Wildman–Crippen MR) is 87.6 cm³/mol. The molecule has 4 nitrogen and oxygen atoms in total. The molecule has 0 spiro atoms. The maximum absolute atomic E-state index is 12.4. The molecule has 1 aliphatic rings. The van der Waals surface area contributed by atoms with Gasteiger partial charge >= 0.3 is 0 Å². The van der Waals surface area contributed by atoms with E-state index in [4.69, 9.17) is 22.7 Å². The van der Waals surface area contributed by atoms with Crippen LogP contribution in [0.3, 0.4) is 0 Å². The van der Waals surface area contributed by atoms with E-state index >= 15 is 0 Å². The fourth-order valence-corrected chi connectivity index (χ4v) is 2.62. The van der Waals surface area contributed by atoms with Crippen LogP contribution in [0, 0.1) is 6.92 Å². The van der Waals surface area contributed by atoms with Crippen LogP contribution >= 0.6 is 12.2 Å². The normalized spacial score (nSPS) is 16.4. The van der Waals surface area contributed by atoms with Crippen molar-refractivity contribution in [2.75, 3.05) is 13.1 Å². The molecule has 1 aliphatic heterocycles. The minimum Gasteiger partial charge on any atom is -0.481 e. The zero-order valence-corrected chi connectivity index (χ0v) is 13.4. The number of rotatable bonds is 4.